The first-order valence-electron chi connectivity index (χ1n) is 23.4. The number of likely N-dealkylation sites (N-methyl/N-ethyl adjacent to an activating group) is 1. The maximum absolute atomic E-state index is 12.8. The SMILES string of the molecule is CC/C=C\C/C=C\C/C=C\C/C=C\C/C=C\C/C=C\CCC(=O)OC(COCCCCCCCCCCCCCCCCC)COC(=O)CC(C[N+](C)(C)C)OC(C)=O. The molecule has 0 spiro atoms. The maximum atomic E-state index is 12.8. The van der Waals surface area contributed by atoms with E-state index in [1.165, 1.54) is 90.4 Å². The molecule has 0 saturated heterocycles. The molecule has 8 nitrogen and oxygen atoms in total. The Hall–Kier alpha value is -3.23. The van der Waals surface area contributed by atoms with Crippen LogP contribution in [-0.2, 0) is 33.3 Å². The number of hydrogen-bond donors (Lipinski definition) is 0. The minimum Gasteiger partial charge on any atom is -0.462 e. The van der Waals surface area contributed by atoms with E-state index < -0.39 is 24.1 Å². The summed E-state index contributed by atoms with van der Waals surface area (Å²) in [5.74, 6) is -1.31. The van der Waals surface area contributed by atoms with E-state index in [9.17, 15) is 14.4 Å². The van der Waals surface area contributed by atoms with Gasteiger partial charge < -0.3 is 23.4 Å². The minimum absolute atomic E-state index is 0.0710. The van der Waals surface area contributed by atoms with Gasteiger partial charge in [0.25, 0.3) is 0 Å². The molecule has 59 heavy (non-hydrogen) atoms. The Morgan fingerprint density at radius 1 is 0.508 bits per heavy atom. The second-order valence-corrected chi connectivity index (χ2v) is 16.7. The molecule has 0 bridgehead atoms. The molecule has 0 N–H and O–H groups in total. The van der Waals surface area contributed by atoms with Gasteiger partial charge in [-0.05, 0) is 51.4 Å². The molecular formula is C51H88NO7+. The monoisotopic (exact) mass is 827 g/mol. The molecule has 0 rings (SSSR count). The van der Waals surface area contributed by atoms with Crippen LogP contribution in [0, 0.1) is 0 Å². The molecular weight excluding hydrogens is 739 g/mol. The van der Waals surface area contributed by atoms with Gasteiger partial charge in [0.05, 0.1) is 34.2 Å². The summed E-state index contributed by atoms with van der Waals surface area (Å²) in [7, 11) is 5.90. The van der Waals surface area contributed by atoms with Gasteiger partial charge in [0, 0.05) is 20.0 Å². The van der Waals surface area contributed by atoms with E-state index in [0.717, 1.165) is 51.4 Å². The van der Waals surface area contributed by atoms with Crippen LogP contribution in [0.4, 0.5) is 0 Å². The highest BCUT2D eigenvalue weighted by atomic mass is 16.6. The maximum Gasteiger partial charge on any atom is 0.309 e. The number of quaternary nitrogens is 1. The minimum atomic E-state index is -0.710. The standard InChI is InChI=1S/C51H88NO7/c1-7-9-11-13-15-17-19-21-23-24-25-26-27-29-31-33-35-37-39-41-50(54)59-49(46-57-51(55)43-48(58-47(3)53)44-52(4,5)6)45-56-42-40-38-36-34-32-30-28-22-20-18-16-14-12-10-8-2/h9,11,15,17,21,23,25-26,29,31,35,37,48-49H,7-8,10,12-14,16,18-20,22,24,27-28,30,32-34,36,38-46H2,1-6H3/q+1/b11-9-,17-15-,23-21-,26-25-,31-29-,37-35-. The van der Waals surface area contributed by atoms with E-state index in [1.807, 2.05) is 27.2 Å². The van der Waals surface area contributed by atoms with Gasteiger partial charge in [-0.15, -0.1) is 0 Å². The molecule has 0 aromatic heterocycles. The van der Waals surface area contributed by atoms with Crippen molar-refractivity contribution in [1.29, 1.82) is 0 Å². The van der Waals surface area contributed by atoms with Crippen LogP contribution < -0.4 is 0 Å². The Balaban J connectivity index is 4.57. The molecule has 2 unspecified atom stereocenters. The van der Waals surface area contributed by atoms with Gasteiger partial charge in [0.1, 0.15) is 13.2 Å². The van der Waals surface area contributed by atoms with E-state index in [4.69, 9.17) is 18.9 Å². The van der Waals surface area contributed by atoms with Crippen LogP contribution in [0.15, 0.2) is 72.9 Å². The van der Waals surface area contributed by atoms with Gasteiger partial charge >= 0.3 is 17.9 Å². The summed E-state index contributed by atoms with van der Waals surface area (Å²) in [6, 6.07) is 0. The lowest BCUT2D eigenvalue weighted by Gasteiger charge is -2.28. The molecule has 0 aliphatic carbocycles. The summed E-state index contributed by atoms with van der Waals surface area (Å²) in [6.45, 7) is 6.83. The first kappa shape index (κ1) is 55.8. The molecule has 0 aliphatic heterocycles. The number of rotatable bonds is 40. The van der Waals surface area contributed by atoms with Gasteiger partial charge in [-0.2, -0.15) is 0 Å². The lowest BCUT2D eigenvalue weighted by Crippen LogP contribution is -2.44. The molecule has 0 saturated carbocycles. The van der Waals surface area contributed by atoms with Crippen molar-refractivity contribution in [3.8, 4) is 0 Å². The Bertz CT molecular complexity index is 1190. The number of ether oxygens (including phenoxy) is 4. The summed E-state index contributed by atoms with van der Waals surface area (Å²) in [5.41, 5.74) is 0. The fourth-order valence-electron chi connectivity index (χ4n) is 6.41. The van der Waals surface area contributed by atoms with Crippen molar-refractivity contribution < 1.29 is 37.8 Å². The lowest BCUT2D eigenvalue weighted by atomic mass is 10.0. The third kappa shape index (κ3) is 44.2. The first-order chi connectivity index (χ1) is 28.6. The van der Waals surface area contributed by atoms with Gasteiger partial charge in [-0.3, -0.25) is 14.4 Å². The molecule has 0 aromatic carbocycles. The molecule has 0 radical (unpaired) electrons. The number of hydrogen-bond acceptors (Lipinski definition) is 7. The highest BCUT2D eigenvalue weighted by molar-refractivity contribution is 5.72. The number of unbranched alkanes of at least 4 members (excludes halogenated alkanes) is 14. The normalized spacial score (nSPS) is 13.5. The van der Waals surface area contributed by atoms with Crippen LogP contribution in [0.25, 0.3) is 0 Å². The average Bonchev–Trinajstić information content (AvgIpc) is 3.18. The second kappa shape index (κ2) is 41.5. The molecule has 0 aromatic rings. The Morgan fingerprint density at radius 2 is 0.949 bits per heavy atom. The average molecular weight is 827 g/mol. The number of nitrogens with zero attached hydrogens (tertiary/aromatic N) is 1. The topological polar surface area (TPSA) is 88.1 Å². The van der Waals surface area contributed by atoms with Gasteiger partial charge in [-0.25, -0.2) is 0 Å². The highest BCUT2D eigenvalue weighted by Gasteiger charge is 2.26. The van der Waals surface area contributed by atoms with Crippen molar-refractivity contribution in [1.82, 2.24) is 0 Å². The van der Waals surface area contributed by atoms with Crippen LogP contribution in [-0.4, -0.2) is 82.1 Å². The fraction of sp³-hybridized carbons (Fsp3) is 0.706. The zero-order valence-corrected chi connectivity index (χ0v) is 38.7. The Morgan fingerprint density at radius 3 is 1.39 bits per heavy atom. The van der Waals surface area contributed by atoms with Crippen LogP contribution in [0.2, 0.25) is 0 Å². The van der Waals surface area contributed by atoms with Crippen molar-refractivity contribution in [3.05, 3.63) is 72.9 Å². The molecule has 8 heteroatoms. The molecule has 0 aliphatic rings. The summed E-state index contributed by atoms with van der Waals surface area (Å²) in [4.78, 5) is 37.2. The highest BCUT2D eigenvalue weighted by Crippen LogP contribution is 2.14. The smallest absolute Gasteiger partial charge is 0.309 e. The van der Waals surface area contributed by atoms with Crippen molar-refractivity contribution >= 4 is 17.9 Å². The van der Waals surface area contributed by atoms with Gasteiger partial charge in [-0.1, -0.05) is 177 Å². The zero-order valence-electron chi connectivity index (χ0n) is 38.7. The first-order valence-corrected chi connectivity index (χ1v) is 23.4. The molecule has 2 atom stereocenters. The van der Waals surface area contributed by atoms with Crippen molar-refractivity contribution in [2.75, 3.05) is 47.5 Å². The molecule has 338 valence electrons. The summed E-state index contributed by atoms with van der Waals surface area (Å²) >= 11 is 0. The van der Waals surface area contributed by atoms with E-state index in [2.05, 4.69) is 80.7 Å². The van der Waals surface area contributed by atoms with Gasteiger partial charge in [0.15, 0.2) is 12.2 Å². The number of carbonyl (C=O) groups is 3. The Labute approximate surface area is 362 Å². The van der Waals surface area contributed by atoms with Crippen molar-refractivity contribution in [2.45, 2.75) is 187 Å². The van der Waals surface area contributed by atoms with Gasteiger partial charge in [0.2, 0.25) is 0 Å². The van der Waals surface area contributed by atoms with Crippen LogP contribution >= 0.6 is 0 Å². The third-order valence-electron chi connectivity index (χ3n) is 9.51. The van der Waals surface area contributed by atoms with Crippen molar-refractivity contribution in [3.63, 3.8) is 0 Å². The van der Waals surface area contributed by atoms with Crippen LogP contribution in [0.5, 0.6) is 0 Å². The van der Waals surface area contributed by atoms with E-state index in [1.54, 1.807) is 0 Å². The largest absolute Gasteiger partial charge is 0.462 e. The molecule has 0 fully saturated rings. The lowest BCUT2D eigenvalue weighted by molar-refractivity contribution is -0.873. The third-order valence-corrected chi connectivity index (χ3v) is 9.51. The molecule has 0 heterocycles. The van der Waals surface area contributed by atoms with E-state index in [-0.39, 0.29) is 32.0 Å². The second-order valence-electron chi connectivity index (χ2n) is 16.7. The van der Waals surface area contributed by atoms with Crippen molar-refractivity contribution in [2.24, 2.45) is 0 Å². The number of carbonyl (C=O) groups excluding carboxylic acids is 3. The Kier molecular flexibility index (Phi) is 39.2. The predicted molar refractivity (Wildman–Crippen MR) is 247 cm³/mol. The zero-order chi connectivity index (χ0) is 43.5. The van der Waals surface area contributed by atoms with E-state index in [0.29, 0.717) is 24.1 Å². The number of allylic oxidation sites excluding steroid dienone is 12. The quantitative estimate of drug-likeness (QED) is 0.0200. The number of esters is 3. The van der Waals surface area contributed by atoms with E-state index >= 15 is 0 Å². The fourth-order valence-corrected chi connectivity index (χ4v) is 6.41. The summed E-state index contributed by atoms with van der Waals surface area (Å²) < 4.78 is 23.1. The van der Waals surface area contributed by atoms with Crippen LogP contribution in [0.1, 0.15) is 175 Å². The molecule has 0 amide bonds. The summed E-state index contributed by atoms with van der Waals surface area (Å²) in [5, 5.41) is 0. The summed E-state index contributed by atoms with van der Waals surface area (Å²) in [6.07, 6.45) is 50.5. The predicted octanol–water partition coefficient (Wildman–Crippen LogP) is 12.8. The van der Waals surface area contributed by atoms with Crippen LogP contribution in [0.3, 0.4) is 0 Å².